The van der Waals surface area contributed by atoms with E-state index in [9.17, 15) is 27.9 Å². The molecular formula is C32H39F3N4O6. The van der Waals surface area contributed by atoms with Crippen LogP contribution < -0.4 is 15.2 Å². The zero-order valence-corrected chi connectivity index (χ0v) is 25.8. The first-order chi connectivity index (χ1) is 21.1. The number of likely N-dealkylation sites (tertiary alicyclic amines) is 1. The van der Waals surface area contributed by atoms with Gasteiger partial charge in [-0.05, 0) is 69.5 Å². The SMILES string of the molecule is Cc1nn(CCCOC(C)(C)O)c(C)c1-c1ccc(OC2CCN(C(=O)Cc3ccc(OC(F)(F)F)cc3)CC2)c(C(N)=O)c1. The van der Waals surface area contributed by atoms with Crippen molar-refractivity contribution in [1.29, 1.82) is 0 Å². The summed E-state index contributed by atoms with van der Waals surface area (Å²) < 4.78 is 54.5. The van der Waals surface area contributed by atoms with E-state index in [0.717, 1.165) is 22.5 Å². The Hall–Kier alpha value is -4.10. The molecule has 2 aromatic carbocycles. The van der Waals surface area contributed by atoms with E-state index in [1.807, 2.05) is 24.6 Å². The van der Waals surface area contributed by atoms with E-state index in [1.54, 1.807) is 30.9 Å². The first-order valence-corrected chi connectivity index (χ1v) is 14.7. The average Bonchev–Trinajstić information content (AvgIpc) is 3.23. The molecular weight excluding hydrogens is 593 g/mol. The fraction of sp³-hybridized carbons (Fsp3) is 0.469. The number of aliphatic hydroxyl groups is 1. The standard InChI is InChI=1S/C32H39F3N4O6/c1-20-29(21(2)39(37-20)14-5-17-43-31(3,4)42)23-8-11-27(26(19-23)30(36)41)44-24-12-15-38(16-13-24)28(40)18-22-6-9-25(10-7-22)45-32(33,34)35/h6-11,19,24,42H,5,12-18H2,1-4H3,(H2,36,41). The molecule has 10 nitrogen and oxygen atoms in total. The van der Waals surface area contributed by atoms with Crippen LogP contribution in [0.25, 0.3) is 11.1 Å². The molecule has 1 saturated heterocycles. The van der Waals surface area contributed by atoms with E-state index in [2.05, 4.69) is 9.84 Å². The second-order valence-electron chi connectivity index (χ2n) is 11.6. The molecule has 0 atom stereocenters. The van der Waals surface area contributed by atoms with Crippen molar-refractivity contribution >= 4 is 11.8 Å². The first-order valence-electron chi connectivity index (χ1n) is 14.7. The maximum absolute atomic E-state index is 12.8. The molecule has 0 aliphatic carbocycles. The molecule has 244 valence electrons. The van der Waals surface area contributed by atoms with Crippen molar-refractivity contribution < 1.29 is 42.1 Å². The van der Waals surface area contributed by atoms with Gasteiger partial charge in [-0.15, -0.1) is 13.2 Å². The number of rotatable bonds is 12. The number of hydrogen-bond donors (Lipinski definition) is 2. The minimum absolute atomic E-state index is 0.0507. The summed E-state index contributed by atoms with van der Waals surface area (Å²) >= 11 is 0. The number of piperidine rings is 1. The highest BCUT2D eigenvalue weighted by atomic mass is 19.4. The van der Waals surface area contributed by atoms with Gasteiger partial charge in [-0.1, -0.05) is 18.2 Å². The summed E-state index contributed by atoms with van der Waals surface area (Å²) in [6.07, 6.45) is -3.24. The van der Waals surface area contributed by atoms with Crippen LogP contribution in [0, 0.1) is 13.8 Å². The molecule has 1 aliphatic heterocycles. The molecule has 0 bridgehead atoms. The van der Waals surface area contributed by atoms with Gasteiger partial charge in [-0.3, -0.25) is 14.3 Å². The summed E-state index contributed by atoms with van der Waals surface area (Å²) in [5.74, 6) is -1.94. The Kier molecular flexibility index (Phi) is 10.4. The van der Waals surface area contributed by atoms with Crippen molar-refractivity contribution in [1.82, 2.24) is 14.7 Å². The van der Waals surface area contributed by atoms with Gasteiger partial charge in [-0.25, -0.2) is 0 Å². The van der Waals surface area contributed by atoms with Gasteiger partial charge in [0.15, 0.2) is 5.79 Å². The van der Waals surface area contributed by atoms with Crippen LogP contribution >= 0.6 is 0 Å². The fourth-order valence-electron chi connectivity index (χ4n) is 5.35. The molecule has 0 radical (unpaired) electrons. The number of carbonyl (C=O) groups excluding carboxylic acids is 2. The van der Waals surface area contributed by atoms with Gasteiger partial charge < -0.3 is 30.0 Å². The van der Waals surface area contributed by atoms with Gasteiger partial charge >= 0.3 is 6.36 Å². The van der Waals surface area contributed by atoms with Crippen molar-refractivity contribution in [3.63, 3.8) is 0 Å². The largest absolute Gasteiger partial charge is 0.573 e. The van der Waals surface area contributed by atoms with Crippen LogP contribution in [-0.2, 0) is 22.5 Å². The molecule has 13 heteroatoms. The molecule has 1 aliphatic rings. The van der Waals surface area contributed by atoms with Crippen molar-refractivity contribution in [3.8, 4) is 22.6 Å². The Morgan fingerprint density at radius 3 is 2.33 bits per heavy atom. The number of aromatic nitrogens is 2. The number of carbonyl (C=O) groups is 2. The summed E-state index contributed by atoms with van der Waals surface area (Å²) in [6, 6.07) is 10.5. The molecule has 2 amide bonds. The summed E-state index contributed by atoms with van der Waals surface area (Å²) in [5.41, 5.74) is 9.96. The van der Waals surface area contributed by atoms with Crippen molar-refractivity contribution in [2.75, 3.05) is 19.7 Å². The predicted octanol–water partition coefficient (Wildman–Crippen LogP) is 4.91. The topological polar surface area (TPSA) is 129 Å². The van der Waals surface area contributed by atoms with Gasteiger partial charge in [0.25, 0.3) is 5.91 Å². The normalized spacial score (nSPS) is 14.4. The third-order valence-electron chi connectivity index (χ3n) is 7.49. The van der Waals surface area contributed by atoms with E-state index in [-0.39, 0.29) is 29.7 Å². The van der Waals surface area contributed by atoms with Crippen molar-refractivity contribution in [3.05, 3.63) is 65.0 Å². The minimum Gasteiger partial charge on any atom is -0.489 e. The van der Waals surface area contributed by atoms with Crippen molar-refractivity contribution in [2.24, 2.45) is 5.73 Å². The van der Waals surface area contributed by atoms with Crippen LogP contribution in [0.5, 0.6) is 11.5 Å². The molecule has 1 fully saturated rings. The third kappa shape index (κ3) is 9.44. The smallest absolute Gasteiger partial charge is 0.489 e. The minimum atomic E-state index is -4.78. The molecule has 3 aromatic rings. The zero-order valence-electron chi connectivity index (χ0n) is 25.8. The van der Waals surface area contributed by atoms with E-state index in [0.29, 0.717) is 56.8 Å². The van der Waals surface area contributed by atoms with Crippen LogP contribution in [0.3, 0.4) is 0 Å². The quantitative estimate of drug-likeness (QED) is 0.214. The van der Waals surface area contributed by atoms with E-state index in [1.165, 1.54) is 24.3 Å². The first kappa shape index (κ1) is 33.8. The van der Waals surface area contributed by atoms with Crippen LogP contribution in [0.15, 0.2) is 42.5 Å². The number of hydrogen-bond acceptors (Lipinski definition) is 7. The summed E-state index contributed by atoms with van der Waals surface area (Å²) in [7, 11) is 0. The van der Waals surface area contributed by atoms with Crippen LogP contribution in [-0.4, -0.2) is 69.6 Å². The van der Waals surface area contributed by atoms with E-state index in [4.69, 9.17) is 15.2 Å². The van der Waals surface area contributed by atoms with Crippen LogP contribution in [0.2, 0.25) is 0 Å². The number of amides is 2. The van der Waals surface area contributed by atoms with E-state index >= 15 is 0 Å². The number of primary amides is 1. The van der Waals surface area contributed by atoms with Crippen molar-refractivity contribution in [2.45, 2.75) is 78.2 Å². The average molecular weight is 633 g/mol. The monoisotopic (exact) mass is 632 g/mol. The zero-order chi connectivity index (χ0) is 32.9. The number of halogens is 3. The number of aryl methyl sites for hydroxylation is 2. The van der Waals surface area contributed by atoms with Gasteiger partial charge in [0, 0.05) is 43.7 Å². The fourth-order valence-corrected chi connectivity index (χ4v) is 5.35. The highest BCUT2D eigenvalue weighted by molar-refractivity contribution is 5.97. The molecule has 0 unspecified atom stereocenters. The predicted molar refractivity (Wildman–Crippen MR) is 160 cm³/mol. The molecule has 45 heavy (non-hydrogen) atoms. The maximum atomic E-state index is 12.8. The number of nitrogens with zero attached hydrogens (tertiary/aromatic N) is 3. The highest BCUT2D eigenvalue weighted by Crippen LogP contribution is 2.32. The molecule has 3 N–H and O–H groups in total. The van der Waals surface area contributed by atoms with Gasteiger partial charge in [0.05, 0.1) is 24.3 Å². The lowest BCUT2D eigenvalue weighted by atomic mass is 10.00. The second-order valence-corrected chi connectivity index (χ2v) is 11.6. The Balaban J connectivity index is 1.35. The number of alkyl halides is 3. The Morgan fingerprint density at radius 2 is 1.73 bits per heavy atom. The summed E-state index contributed by atoms with van der Waals surface area (Å²) in [4.78, 5) is 27.0. The van der Waals surface area contributed by atoms with Crippen LogP contribution in [0.1, 0.15) is 60.4 Å². The van der Waals surface area contributed by atoms with E-state index < -0.39 is 18.1 Å². The Bertz CT molecular complexity index is 1490. The van der Waals surface area contributed by atoms with Crippen LogP contribution in [0.4, 0.5) is 13.2 Å². The number of benzene rings is 2. The summed E-state index contributed by atoms with van der Waals surface area (Å²) in [5, 5.41) is 14.4. The van der Waals surface area contributed by atoms with Gasteiger partial charge in [0.2, 0.25) is 5.91 Å². The third-order valence-corrected chi connectivity index (χ3v) is 7.49. The second kappa shape index (κ2) is 13.9. The Labute approximate surface area is 259 Å². The number of ether oxygens (including phenoxy) is 3. The molecule has 4 rings (SSSR count). The lowest BCUT2D eigenvalue weighted by Crippen LogP contribution is -2.42. The maximum Gasteiger partial charge on any atom is 0.573 e. The molecule has 0 saturated carbocycles. The lowest BCUT2D eigenvalue weighted by molar-refractivity contribution is -0.274. The lowest BCUT2D eigenvalue weighted by Gasteiger charge is -2.32. The molecule has 2 heterocycles. The van der Waals surface area contributed by atoms with Gasteiger partial charge in [-0.2, -0.15) is 5.10 Å². The Morgan fingerprint density at radius 1 is 1.07 bits per heavy atom. The highest BCUT2D eigenvalue weighted by Gasteiger charge is 2.31. The van der Waals surface area contributed by atoms with Gasteiger partial charge in [0.1, 0.15) is 17.6 Å². The summed E-state index contributed by atoms with van der Waals surface area (Å²) in [6.45, 7) is 8.84. The molecule has 0 spiro atoms. The molecule has 1 aromatic heterocycles. The number of nitrogens with two attached hydrogens (primary N) is 1.